The first-order chi connectivity index (χ1) is 13.3. The van der Waals surface area contributed by atoms with Crippen LogP contribution in [-0.4, -0.2) is 12.7 Å². The smallest absolute Gasteiger partial charge is 0.0753 e. The van der Waals surface area contributed by atoms with Gasteiger partial charge in [0.05, 0.1) is 12.7 Å². The molecule has 27 heavy (non-hydrogen) atoms. The van der Waals surface area contributed by atoms with Crippen molar-refractivity contribution in [2.24, 2.45) is 29.6 Å². The molecule has 2 atom stereocenters. The molecule has 1 heterocycles. The van der Waals surface area contributed by atoms with Gasteiger partial charge in [0.2, 0.25) is 0 Å². The zero-order valence-electron chi connectivity index (χ0n) is 17.9. The van der Waals surface area contributed by atoms with Gasteiger partial charge in [-0.15, -0.1) is 6.58 Å². The van der Waals surface area contributed by atoms with Gasteiger partial charge in [0.25, 0.3) is 0 Å². The van der Waals surface area contributed by atoms with Crippen LogP contribution in [-0.2, 0) is 4.74 Å². The van der Waals surface area contributed by atoms with Gasteiger partial charge in [0.15, 0.2) is 0 Å². The fourth-order valence-electron chi connectivity index (χ4n) is 5.83. The van der Waals surface area contributed by atoms with E-state index in [1.165, 1.54) is 89.9 Å². The predicted octanol–water partition coefficient (Wildman–Crippen LogP) is 7.72. The maximum Gasteiger partial charge on any atom is 0.0753 e. The Labute approximate surface area is 169 Å². The zero-order chi connectivity index (χ0) is 18.9. The molecule has 3 rings (SSSR count). The van der Waals surface area contributed by atoms with Crippen LogP contribution in [0, 0.1) is 29.6 Å². The molecule has 0 amide bonds. The lowest BCUT2D eigenvalue weighted by molar-refractivity contribution is -0.0153. The number of allylic oxidation sites excluding steroid dienone is 2. The molecule has 154 valence electrons. The first kappa shape index (κ1) is 21.2. The van der Waals surface area contributed by atoms with Gasteiger partial charge in [-0.05, 0) is 93.8 Å². The molecule has 2 aliphatic carbocycles. The van der Waals surface area contributed by atoms with E-state index in [1.807, 2.05) is 6.08 Å². The number of rotatable bonds is 8. The average Bonchev–Trinajstić information content (AvgIpc) is 2.74. The van der Waals surface area contributed by atoms with Crippen LogP contribution in [0.5, 0.6) is 0 Å². The average molecular weight is 373 g/mol. The van der Waals surface area contributed by atoms with E-state index in [0.717, 1.165) is 36.2 Å². The maximum atomic E-state index is 5.95. The van der Waals surface area contributed by atoms with Gasteiger partial charge >= 0.3 is 0 Å². The van der Waals surface area contributed by atoms with E-state index in [1.54, 1.807) is 0 Å². The quantitative estimate of drug-likeness (QED) is 0.313. The summed E-state index contributed by atoms with van der Waals surface area (Å²) >= 11 is 0. The molecule has 0 aromatic heterocycles. The third-order valence-corrected chi connectivity index (χ3v) is 7.86. The first-order valence-corrected chi connectivity index (χ1v) is 12.2. The Bertz CT molecular complexity index is 429. The fraction of sp³-hybridized carbons (Fsp3) is 0.846. The molecule has 0 aromatic carbocycles. The van der Waals surface area contributed by atoms with Crippen molar-refractivity contribution in [1.29, 1.82) is 0 Å². The summed E-state index contributed by atoms with van der Waals surface area (Å²) in [6.45, 7) is 7.17. The van der Waals surface area contributed by atoms with Crippen molar-refractivity contribution >= 4 is 0 Å². The predicted molar refractivity (Wildman–Crippen MR) is 117 cm³/mol. The van der Waals surface area contributed by atoms with Crippen LogP contribution >= 0.6 is 0 Å². The van der Waals surface area contributed by atoms with E-state index in [9.17, 15) is 0 Å². The standard InChI is InChI=1S/C26H44O/c1-3-5-6-7-21-8-10-22(11-9-21)12-13-23-14-16-24(17-15-23)25-18-19-26(4-2)27-20-25/h4,12-13,21-26H,2-3,5-11,14-20H2,1H3. The Kier molecular flexibility index (Phi) is 8.97. The second-order valence-electron chi connectivity index (χ2n) is 9.78. The van der Waals surface area contributed by atoms with Gasteiger partial charge in [0.1, 0.15) is 0 Å². The minimum atomic E-state index is 0.322. The molecule has 0 aromatic rings. The summed E-state index contributed by atoms with van der Waals surface area (Å²) < 4.78 is 5.95. The van der Waals surface area contributed by atoms with Crippen LogP contribution < -0.4 is 0 Å². The van der Waals surface area contributed by atoms with Gasteiger partial charge in [-0.3, -0.25) is 0 Å². The summed E-state index contributed by atoms with van der Waals surface area (Å²) in [6, 6.07) is 0. The monoisotopic (exact) mass is 372 g/mol. The van der Waals surface area contributed by atoms with Crippen LogP contribution in [0.25, 0.3) is 0 Å². The Morgan fingerprint density at radius 1 is 0.778 bits per heavy atom. The van der Waals surface area contributed by atoms with E-state index in [-0.39, 0.29) is 0 Å². The fourth-order valence-corrected chi connectivity index (χ4v) is 5.83. The molecule has 0 radical (unpaired) electrons. The van der Waals surface area contributed by atoms with Crippen molar-refractivity contribution < 1.29 is 4.74 Å². The Morgan fingerprint density at radius 2 is 1.41 bits per heavy atom. The van der Waals surface area contributed by atoms with Gasteiger partial charge in [-0.1, -0.05) is 50.8 Å². The molecular weight excluding hydrogens is 328 g/mol. The van der Waals surface area contributed by atoms with Crippen LogP contribution in [0.15, 0.2) is 24.8 Å². The molecule has 3 fully saturated rings. The minimum Gasteiger partial charge on any atom is -0.374 e. The van der Waals surface area contributed by atoms with Gasteiger partial charge in [-0.2, -0.15) is 0 Å². The topological polar surface area (TPSA) is 9.23 Å². The molecule has 3 aliphatic rings. The molecule has 0 N–H and O–H groups in total. The normalized spacial score (nSPS) is 38.1. The van der Waals surface area contributed by atoms with Crippen molar-refractivity contribution in [2.45, 2.75) is 103 Å². The van der Waals surface area contributed by atoms with Crippen molar-refractivity contribution in [3.63, 3.8) is 0 Å². The Morgan fingerprint density at radius 3 is 1.96 bits per heavy atom. The Balaban J connectivity index is 1.31. The maximum absolute atomic E-state index is 5.95. The highest BCUT2D eigenvalue weighted by atomic mass is 16.5. The number of ether oxygens (including phenoxy) is 1. The molecule has 0 spiro atoms. The Hall–Kier alpha value is -0.560. The molecule has 1 heteroatoms. The highest BCUT2D eigenvalue weighted by molar-refractivity contribution is 4.97. The van der Waals surface area contributed by atoms with E-state index >= 15 is 0 Å². The van der Waals surface area contributed by atoms with Crippen LogP contribution in [0.1, 0.15) is 96.8 Å². The van der Waals surface area contributed by atoms with Crippen LogP contribution in [0.3, 0.4) is 0 Å². The largest absolute Gasteiger partial charge is 0.374 e. The molecule has 1 nitrogen and oxygen atoms in total. The van der Waals surface area contributed by atoms with Gasteiger partial charge < -0.3 is 4.74 Å². The van der Waals surface area contributed by atoms with Crippen molar-refractivity contribution in [2.75, 3.05) is 6.61 Å². The summed E-state index contributed by atoms with van der Waals surface area (Å²) in [7, 11) is 0. The summed E-state index contributed by atoms with van der Waals surface area (Å²) in [5, 5.41) is 0. The second-order valence-corrected chi connectivity index (χ2v) is 9.78. The molecule has 0 bridgehead atoms. The summed E-state index contributed by atoms with van der Waals surface area (Å²) in [4.78, 5) is 0. The summed E-state index contributed by atoms with van der Waals surface area (Å²) in [6.07, 6.45) is 27.4. The van der Waals surface area contributed by atoms with Crippen LogP contribution in [0.2, 0.25) is 0 Å². The molecular formula is C26H44O. The second kappa shape index (κ2) is 11.4. The third-order valence-electron chi connectivity index (χ3n) is 7.86. The summed E-state index contributed by atoms with van der Waals surface area (Å²) in [5.41, 5.74) is 0. The van der Waals surface area contributed by atoms with Gasteiger partial charge in [0, 0.05) is 0 Å². The molecule has 2 unspecified atom stereocenters. The lowest BCUT2D eigenvalue weighted by Gasteiger charge is -2.37. The lowest BCUT2D eigenvalue weighted by atomic mass is 9.73. The lowest BCUT2D eigenvalue weighted by Crippen LogP contribution is -2.31. The molecule has 1 aliphatic heterocycles. The van der Waals surface area contributed by atoms with E-state index in [0.29, 0.717) is 6.10 Å². The van der Waals surface area contributed by atoms with Crippen LogP contribution in [0.4, 0.5) is 0 Å². The minimum absolute atomic E-state index is 0.322. The molecule has 2 saturated carbocycles. The van der Waals surface area contributed by atoms with E-state index in [2.05, 4.69) is 25.7 Å². The SMILES string of the molecule is C=CC1CCC(C2CCC(C=CC3CCC(CCCCC)CC3)CC2)CO1. The van der Waals surface area contributed by atoms with Crippen molar-refractivity contribution in [3.8, 4) is 0 Å². The highest BCUT2D eigenvalue weighted by Gasteiger charge is 2.30. The number of hydrogen-bond acceptors (Lipinski definition) is 1. The van der Waals surface area contributed by atoms with Crippen molar-refractivity contribution in [3.05, 3.63) is 24.8 Å². The van der Waals surface area contributed by atoms with Gasteiger partial charge in [-0.25, -0.2) is 0 Å². The summed E-state index contributed by atoms with van der Waals surface area (Å²) in [5.74, 6) is 4.50. The van der Waals surface area contributed by atoms with E-state index < -0.39 is 0 Å². The zero-order valence-corrected chi connectivity index (χ0v) is 17.9. The molecule has 1 saturated heterocycles. The first-order valence-electron chi connectivity index (χ1n) is 12.2. The van der Waals surface area contributed by atoms with E-state index in [4.69, 9.17) is 4.74 Å². The number of hydrogen-bond donors (Lipinski definition) is 0. The highest BCUT2D eigenvalue weighted by Crippen LogP contribution is 2.39. The number of unbranched alkanes of at least 4 members (excludes halogenated alkanes) is 2. The third kappa shape index (κ3) is 6.77. The van der Waals surface area contributed by atoms with Crippen molar-refractivity contribution in [1.82, 2.24) is 0 Å².